The Morgan fingerprint density at radius 3 is 2.60 bits per heavy atom. The van der Waals surface area contributed by atoms with Crippen molar-refractivity contribution in [3.8, 4) is 17.4 Å². The standard InChI is InChI=1S/C18H21N3O4/c1-23-14-3-4-15(16(11-14)24-2)18(22)21-9-5-13(6-10-21)25-17-12-19-7-8-20-17/h3-4,7-8,11-13H,5-6,9-10H2,1-2H3. The van der Waals surface area contributed by atoms with E-state index in [1.54, 1.807) is 51.0 Å². The van der Waals surface area contributed by atoms with Crippen LogP contribution in [0.2, 0.25) is 0 Å². The fraction of sp³-hybridized carbons (Fsp3) is 0.389. The van der Waals surface area contributed by atoms with Crippen LogP contribution in [0.1, 0.15) is 23.2 Å². The van der Waals surface area contributed by atoms with Crippen molar-refractivity contribution in [3.05, 3.63) is 42.4 Å². The number of hydrogen-bond acceptors (Lipinski definition) is 6. The first-order valence-corrected chi connectivity index (χ1v) is 8.15. The highest BCUT2D eigenvalue weighted by Crippen LogP contribution is 2.27. The molecule has 1 saturated heterocycles. The van der Waals surface area contributed by atoms with Crippen LogP contribution in [-0.2, 0) is 0 Å². The van der Waals surface area contributed by atoms with E-state index in [-0.39, 0.29) is 12.0 Å². The van der Waals surface area contributed by atoms with Crippen molar-refractivity contribution in [1.29, 1.82) is 0 Å². The third-order valence-electron chi connectivity index (χ3n) is 4.20. The fourth-order valence-electron chi connectivity index (χ4n) is 2.84. The summed E-state index contributed by atoms with van der Waals surface area (Å²) >= 11 is 0. The van der Waals surface area contributed by atoms with E-state index in [2.05, 4.69) is 9.97 Å². The Bertz CT molecular complexity index is 716. The summed E-state index contributed by atoms with van der Waals surface area (Å²) in [4.78, 5) is 22.7. The molecule has 3 rings (SSSR count). The summed E-state index contributed by atoms with van der Waals surface area (Å²) in [7, 11) is 3.13. The molecule has 2 heterocycles. The molecule has 1 aliphatic rings. The van der Waals surface area contributed by atoms with Crippen LogP contribution in [0.15, 0.2) is 36.8 Å². The van der Waals surface area contributed by atoms with Crippen LogP contribution >= 0.6 is 0 Å². The van der Waals surface area contributed by atoms with E-state index in [9.17, 15) is 4.79 Å². The molecular formula is C18H21N3O4. The van der Waals surface area contributed by atoms with Gasteiger partial charge in [-0.3, -0.25) is 9.78 Å². The molecule has 0 saturated carbocycles. The van der Waals surface area contributed by atoms with E-state index in [1.807, 2.05) is 4.90 Å². The van der Waals surface area contributed by atoms with Gasteiger partial charge in [-0.1, -0.05) is 0 Å². The molecule has 132 valence electrons. The lowest BCUT2D eigenvalue weighted by atomic mass is 10.1. The number of carbonyl (C=O) groups excluding carboxylic acids is 1. The molecule has 1 aromatic carbocycles. The summed E-state index contributed by atoms with van der Waals surface area (Å²) in [5, 5.41) is 0. The van der Waals surface area contributed by atoms with Crippen molar-refractivity contribution in [2.45, 2.75) is 18.9 Å². The zero-order chi connectivity index (χ0) is 17.6. The topological polar surface area (TPSA) is 73.8 Å². The minimum Gasteiger partial charge on any atom is -0.497 e. The molecule has 0 N–H and O–H groups in total. The van der Waals surface area contributed by atoms with Gasteiger partial charge in [0.25, 0.3) is 5.91 Å². The molecule has 25 heavy (non-hydrogen) atoms. The van der Waals surface area contributed by atoms with Gasteiger partial charge in [0.1, 0.15) is 17.6 Å². The third-order valence-corrected chi connectivity index (χ3v) is 4.20. The second-order valence-electron chi connectivity index (χ2n) is 5.72. The second kappa shape index (κ2) is 7.83. The SMILES string of the molecule is COc1ccc(C(=O)N2CCC(Oc3cnccn3)CC2)c(OC)c1. The normalized spacial score (nSPS) is 14.9. The van der Waals surface area contributed by atoms with Gasteiger partial charge < -0.3 is 19.1 Å². The van der Waals surface area contributed by atoms with Crippen molar-refractivity contribution in [1.82, 2.24) is 14.9 Å². The number of benzene rings is 1. The van der Waals surface area contributed by atoms with Gasteiger partial charge in [0.15, 0.2) is 0 Å². The van der Waals surface area contributed by atoms with Crippen LogP contribution in [0.25, 0.3) is 0 Å². The number of piperidine rings is 1. The van der Waals surface area contributed by atoms with Crippen LogP contribution in [0.5, 0.6) is 17.4 Å². The summed E-state index contributed by atoms with van der Waals surface area (Å²) < 4.78 is 16.3. The molecule has 2 aromatic rings. The van der Waals surface area contributed by atoms with E-state index < -0.39 is 0 Å². The number of ether oxygens (including phenoxy) is 3. The molecule has 0 atom stereocenters. The lowest BCUT2D eigenvalue weighted by molar-refractivity contribution is 0.0584. The Balaban J connectivity index is 1.62. The lowest BCUT2D eigenvalue weighted by Gasteiger charge is -2.32. The maximum Gasteiger partial charge on any atom is 0.257 e. The van der Waals surface area contributed by atoms with Gasteiger partial charge >= 0.3 is 0 Å². The maximum atomic E-state index is 12.8. The van der Waals surface area contributed by atoms with Crippen LogP contribution in [0.3, 0.4) is 0 Å². The number of hydrogen-bond donors (Lipinski definition) is 0. The number of aromatic nitrogens is 2. The average molecular weight is 343 g/mol. The van der Waals surface area contributed by atoms with Crippen molar-refractivity contribution in [3.63, 3.8) is 0 Å². The maximum absolute atomic E-state index is 12.8. The molecule has 0 radical (unpaired) electrons. The number of nitrogens with zero attached hydrogens (tertiary/aromatic N) is 3. The molecule has 7 nitrogen and oxygen atoms in total. The minimum absolute atomic E-state index is 0.0403. The number of methoxy groups -OCH3 is 2. The molecule has 0 bridgehead atoms. The van der Waals surface area contributed by atoms with Gasteiger partial charge in [-0.2, -0.15) is 0 Å². The number of likely N-dealkylation sites (tertiary alicyclic amines) is 1. The first-order chi connectivity index (χ1) is 12.2. The molecule has 1 fully saturated rings. The molecule has 0 aliphatic carbocycles. The zero-order valence-corrected chi connectivity index (χ0v) is 14.3. The first-order valence-electron chi connectivity index (χ1n) is 8.15. The van der Waals surface area contributed by atoms with Gasteiger partial charge in [0.2, 0.25) is 5.88 Å². The monoisotopic (exact) mass is 343 g/mol. The summed E-state index contributed by atoms with van der Waals surface area (Å²) in [6.07, 6.45) is 6.35. The first kappa shape index (κ1) is 17.0. The highest BCUT2D eigenvalue weighted by Gasteiger charge is 2.26. The highest BCUT2D eigenvalue weighted by atomic mass is 16.5. The van der Waals surface area contributed by atoms with Crippen molar-refractivity contribution in [2.75, 3.05) is 27.3 Å². The largest absolute Gasteiger partial charge is 0.497 e. The minimum atomic E-state index is -0.0440. The Kier molecular flexibility index (Phi) is 5.33. The van der Waals surface area contributed by atoms with Crippen molar-refractivity contribution in [2.24, 2.45) is 0 Å². The van der Waals surface area contributed by atoms with Crippen LogP contribution < -0.4 is 14.2 Å². The molecule has 1 aliphatic heterocycles. The van der Waals surface area contributed by atoms with E-state index in [0.717, 1.165) is 12.8 Å². The van der Waals surface area contributed by atoms with E-state index in [0.29, 0.717) is 36.0 Å². The quantitative estimate of drug-likeness (QED) is 0.828. The third kappa shape index (κ3) is 3.99. The van der Waals surface area contributed by atoms with Gasteiger partial charge in [-0.15, -0.1) is 0 Å². The Morgan fingerprint density at radius 1 is 1.16 bits per heavy atom. The summed E-state index contributed by atoms with van der Waals surface area (Å²) in [6.45, 7) is 1.25. The van der Waals surface area contributed by atoms with E-state index in [4.69, 9.17) is 14.2 Å². The van der Waals surface area contributed by atoms with Crippen LogP contribution in [0, 0.1) is 0 Å². The van der Waals surface area contributed by atoms with E-state index >= 15 is 0 Å². The Labute approximate surface area is 146 Å². The number of amides is 1. The Hall–Kier alpha value is -2.83. The smallest absolute Gasteiger partial charge is 0.257 e. The highest BCUT2D eigenvalue weighted by molar-refractivity contribution is 5.97. The lowest BCUT2D eigenvalue weighted by Crippen LogP contribution is -2.42. The second-order valence-corrected chi connectivity index (χ2v) is 5.72. The molecule has 1 amide bonds. The summed E-state index contributed by atoms with van der Waals surface area (Å²) in [5.74, 6) is 1.65. The van der Waals surface area contributed by atoms with Gasteiger partial charge in [0.05, 0.1) is 26.0 Å². The van der Waals surface area contributed by atoms with E-state index in [1.165, 1.54) is 0 Å². The van der Waals surface area contributed by atoms with Crippen LogP contribution in [0.4, 0.5) is 0 Å². The zero-order valence-electron chi connectivity index (χ0n) is 14.3. The van der Waals surface area contributed by atoms with Crippen molar-refractivity contribution < 1.29 is 19.0 Å². The fourth-order valence-corrected chi connectivity index (χ4v) is 2.84. The average Bonchev–Trinajstić information content (AvgIpc) is 2.68. The molecule has 1 aromatic heterocycles. The summed E-state index contributed by atoms with van der Waals surface area (Å²) in [5.41, 5.74) is 0.539. The Morgan fingerprint density at radius 2 is 1.96 bits per heavy atom. The number of rotatable bonds is 5. The molecule has 0 spiro atoms. The molecule has 7 heteroatoms. The van der Waals surface area contributed by atoms with Crippen molar-refractivity contribution >= 4 is 5.91 Å². The van der Waals surface area contributed by atoms with Crippen LogP contribution in [-0.4, -0.2) is 54.2 Å². The van der Waals surface area contributed by atoms with Gasteiger partial charge in [-0.05, 0) is 12.1 Å². The predicted octanol–water partition coefficient (Wildman–Crippen LogP) is 2.18. The number of carbonyl (C=O) groups is 1. The summed E-state index contributed by atoms with van der Waals surface area (Å²) in [6, 6.07) is 5.22. The predicted molar refractivity (Wildman–Crippen MR) is 91.1 cm³/mol. The van der Waals surface area contributed by atoms with Gasteiger partial charge in [-0.25, -0.2) is 4.98 Å². The molecule has 0 unspecified atom stereocenters. The van der Waals surface area contributed by atoms with Gasteiger partial charge in [0, 0.05) is 44.4 Å². The molecular weight excluding hydrogens is 322 g/mol.